The average Bonchev–Trinajstić information content (AvgIpc) is 2.88. The second-order valence-electron chi connectivity index (χ2n) is 6.28. The molecule has 4 nitrogen and oxygen atoms in total. The zero-order valence-corrected chi connectivity index (χ0v) is 14.4. The van der Waals surface area contributed by atoms with Crippen LogP contribution in [0.4, 0.5) is 14.9 Å². The van der Waals surface area contributed by atoms with Crippen LogP contribution in [-0.4, -0.2) is 24.6 Å². The standard InChI is InChI=1S/C20H23FN2O2/c1-25-18-10-6-9-17(14-18)22-20(24)23-12-4-2-3-11-19(23)15-7-5-8-16(21)13-15/h5-10,13-14,19H,2-4,11-12H2,1H3,(H,22,24). The van der Waals surface area contributed by atoms with Gasteiger partial charge < -0.3 is 15.0 Å². The lowest BCUT2D eigenvalue weighted by Crippen LogP contribution is -2.38. The number of nitrogens with zero attached hydrogens (tertiary/aromatic N) is 1. The topological polar surface area (TPSA) is 41.6 Å². The van der Waals surface area contributed by atoms with Gasteiger partial charge in [0.05, 0.1) is 13.2 Å². The molecule has 0 saturated carbocycles. The van der Waals surface area contributed by atoms with Crippen LogP contribution in [0.5, 0.6) is 5.75 Å². The number of amides is 2. The van der Waals surface area contributed by atoms with Crippen molar-refractivity contribution >= 4 is 11.7 Å². The molecular formula is C20H23FN2O2. The number of likely N-dealkylation sites (tertiary alicyclic amines) is 1. The molecule has 25 heavy (non-hydrogen) atoms. The van der Waals surface area contributed by atoms with Crippen LogP contribution < -0.4 is 10.1 Å². The number of carbonyl (C=O) groups is 1. The highest BCUT2D eigenvalue weighted by Gasteiger charge is 2.27. The van der Waals surface area contributed by atoms with Gasteiger partial charge in [0, 0.05) is 18.3 Å². The van der Waals surface area contributed by atoms with Crippen LogP contribution in [0.3, 0.4) is 0 Å². The van der Waals surface area contributed by atoms with Gasteiger partial charge in [-0.25, -0.2) is 9.18 Å². The molecule has 1 saturated heterocycles. The maximum Gasteiger partial charge on any atom is 0.322 e. The number of carbonyl (C=O) groups excluding carboxylic acids is 1. The smallest absolute Gasteiger partial charge is 0.322 e. The molecule has 1 atom stereocenters. The van der Waals surface area contributed by atoms with Crippen molar-refractivity contribution < 1.29 is 13.9 Å². The summed E-state index contributed by atoms with van der Waals surface area (Å²) >= 11 is 0. The van der Waals surface area contributed by atoms with Gasteiger partial charge in [-0.1, -0.05) is 31.0 Å². The minimum Gasteiger partial charge on any atom is -0.497 e. The van der Waals surface area contributed by atoms with Gasteiger partial charge in [0.15, 0.2) is 0 Å². The molecule has 2 amide bonds. The lowest BCUT2D eigenvalue weighted by atomic mass is 10.0. The fraction of sp³-hybridized carbons (Fsp3) is 0.350. The Morgan fingerprint density at radius 2 is 2.00 bits per heavy atom. The number of rotatable bonds is 3. The Kier molecular flexibility index (Phi) is 5.53. The largest absolute Gasteiger partial charge is 0.497 e. The third-order valence-electron chi connectivity index (χ3n) is 4.57. The molecule has 3 rings (SSSR count). The van der Waals surface area contributed by atoms with Crippen molar-refractivity contribution in [3.8, 4) is 5.75 Å². The molecule has 2 aromatic carbocycles. The van der Waals surface area contributed by atoms with E-state index >= 15 is 0 Å². The number of urea groups is 1. The van der Waals surface area contributed by atoms with E-state index in [0.717, 1.165) is 31.2 Å². The number of halogens is 1. The van der Waals surface area contributed by atoms with Crippen molar-refractivity contribution in [3.63, 3.8) is 0 Å². The van der Waals surface area contributed by atoms with E-state index in [9.17, 15) is 9.18 Å². The molecule has 1 aliphatic rings. The second kappa shape index (κ2) is 8.01. The highest BCUT2D eigenvalue weighted by atomic mass is 19.1. The fourth-order valence-electron chi connectivity index (χ4n) is 3.31. The Hall–Kier alpha value is -2.56. The summed E-state index contributed by atoms with van der Waals surface area (Å²) in [6, 6.07) is 13.6. The van der Waals surface area contributed by atoms with Gasteiger partial charge in [-0.15, -0.1) is 0 Å². The van der Waals surface area contributed by atoms with Crippen molar-refractivity contribution in [1.29, 1.82) is 0 Å². The highest BCUT2D eigenvalue weighted by molar-refractivity contribution is 5.89. The van der Waals surface area contributed by atoms with Crippen molar-refractivity contribution in [2.75, 3.05) is 19.0 Å². The first-order valence-corrected chi connectivity index (χ1v) is 8.64. The summed E-state index contributed by atoms with van der Waals surface area (Å²) in [5, 5.41) is 2.94. The van der Waals surface area contributed by atoms with Crippen LogP contribution in [0.15, 0.2) is 48.5 Å². The van der Waals surface area contributed by atoms with Gasteiger partial charge in [-0.2, -0.15) is 0 Å². The van der Waals surface area contributed by atoms with Gasteiger partial charge in [-0.3, -0.25) is 0 Å². The normalized spacial score (nSPS) is 17.7. The van der Waals surface area contributed by atoms with E-state index in [1.807, 2.05) is 29.2 Å². The third kappa shape index (κ3) is 4.29. The second-order valence-corrected chi connectivity index (χ2v) is 6.28. The van der Waals surface area contributed by atoms with E-state index in [4.69, 9.17) is 4.74 Å². The number of nitrogens with one attached hydrogen (secondary N) is 1. The number of ether oxygens (including phenoxy) is 1. The number of hydrogen-bond acceptors (Lipinski definition) is 2. The Balaban J connectivity index is 1.81. The molecule has 132 valence electrons. The molecule has 5 heteroatoms. The molecule has 0 spiro atoms. The summed E-state index contributed by atoms with van der Waals surface area (Å²) in [6.45, 7) is 0.664. The van der Waals surface area contributed by atoms with Crippen LogP contribution in [0, 0.1) is 5.82 Å². The fourth-order valence-corrected chi connectivity index (χ4v) is 3.31. The Bertz CT molecular complexity index is 735. The first kappa shape index (κ1) is 17.3. The number of hydrogen-bond donors (Lipinski definition) is 1. The first-order chi connectivity index (χ1) is 12.2. The lowest BCUT2D eigenvalue weighted by molar-refractivity contribution is 0.189. The van der Waals surface area contributed by atoms with Crippen LogP contribution in [0.1, 0.15) is 37.3 Å². The first-order valence-electron chi connectivity index (χ1n) is 8.64. The van der Waals surface area contributed by atoms with Gasteiger partial charge in [0.1, 0.15) is 11.6 Å². The van der Waals surface area contributed by atoms with Gasteiger partial charge >= 0.3 is 6.03 Å². The Morgan fingerprint density at radius 3 is 2.80 bits per heavy atom. The van der Waals surface area contributed by atoms with Gasteiger partial charge in [-0.05, 0) is 42.7 Å². The van der Waals surface area contributed by atoms with E-state index in [1.54, 1.807) is 19.2 Å². The molecule has 1 N–H and O–H groups in total. The highest BCUT2D eigenvalue weighted by Crippen LogP contribution is 2.31. The van der Waals surface area contributed by atoms with E-state index in [1.165, 1.54) is 12.1 Å². The Labute approximate surface area is 147 Å². The van der Waals surface area contributed by atoms with E-state index in [2.05, 4.69) is 5.32 Å². The van der Waals surface area contributed by atoms with Crippen LogP contribution in [0.25, 0.3) is 0 Å². The van der Waals surface area contributed by atoms with Crippen molar-refractivity contribution in [2.24, 2.45) is 0 Å². The maximum atomic E-state index is 13.6. The summed E-state index contributed by atoms with van der Waals surface area (Å²) < 4.78 is 18.8. The van der Waals surface area contributed by atoms with E-state index < -0.39 is 0 Å². The molecule has 1 heterocycles. The lowest BCUT2D eigenvalue weighted by Gasteiger charge is -2.30. The van der Waals surface area contributed by atoms with Gasteiger partial charge in [0.2, 0.25) is 0 Å². The maximum absolute atomic E-state index is 13.6. The minimum absolute atomic E-state index is 0.108. The predicted molar refractivity (Wildman–Crippen MR) is 96.3 cm³/mol. The van der Waals surface area contributed by atoms with Crippen LogP contribution in [-0.2, 0) is 0 Å². The van der Waals surface area contributed by atoms with E-state index in [0.29, 0.717) is 18.0 Å². The number of methoxy groups -OCH3 is 1. The SMILES string of the molecule is COc1cccc(NC(=O)N2CCCCCC2c2cccc(F)c2)c1. The molecule has 0 radical (unpaired) electrons. The number of anilines is 1. The molecule has 0 aromatic heterocycles. The summed E-state index contributed by atoms with van der Waals surface area (Å²) in [5.74, 6) is 0.422. The third-order valence-corrected chi connectivity index (χ3v) is 4.57. The minimum atomic E-state index is -0.269. The zero-order chi connectivity index (χ0) is 17.6. The average molecular weight is 342 g/mol. The summed E-state index contributed by atoms with van der Waals surface area (Å²) in [4.78, 5) is 14.7. The summed E-state index contributed by atoms with van der Waals surface area (Å²) in [6.07, 6.45) is 3.91. The monoisotopic (exact) mass is 342 g/mol. The zero-order valence-electron chi connectivity index (χ0n) is 14.4. The molecule has 1 aliphatic heterocycles. The molecule has 1 fully saturated rings. The van der Waals surface area contributed by atoms with Crippen LogP contribution in [0.2, 0.25) is 0 Å². The molecule has 2 aromatic rings. The number of benzene rings is 2. The molecule has 0 aliphatic carbocycles. The van der Waals surface area contributed by atoms with Crippen molar-refractivity contribution in [2.45, 2.75) is 31.7 Å². The molecule has 0 bridgehead atoms. The van der Waals surface area contributed by atoms with Crippen LogP contribution >= 0.6 is 0 Å². The quantitative estimate of drug-likeness (QED) is 0.854. The summed E-state index contributed by atoms with van der Waals surface area (Å²) in [5.41, 5.74) is 1.54. The summed E-state index contributed by atoms with van der Waals surface area (Å²) in [7, 11) is 1.59. The predicted octanol–water partition coefficient (Wildman–Crippen LogP) is 4.98. The van der Waals surface area contributed by atoms with Crippen molar-refractivity contribution in [1.82, 2.24) is 4.90 Å². The Morgan fingerprint density at radius 1 is 1.16 bits per heavy atom. The van der Waals surface area contributed by atoms with Crippen molar-refractivity contribution in [3.05, 3.63) is 59.9 Å². The van der Waals surface area contributed by atoms with E-state index in [-0.39, 0.29) is 17.9 Å². The molecular weight excluding hydrogens is 319 g/mol. The molecule has 1 unspecified atom stereocenters. The van der Waals surface area contributed by atoms with Gasteiger partial charge in [0.25, 0.3) is 0 Å².